The van der Waals surface area contributed by atoms with E-state index in [-0.39, 0.29) is 5.75 Å². The summed E-state index contributed by atoms with van der Waals surface area (Å²) in [5.74, 6) is 0.499. The van der Waals surface area contributed by atoms with Gasteiger partial charge in [-0.1, -0.05) is 0 Å². The van der Waals surface area contributed by atoms with Crippen molar-refractivity contribution < 1.29 is 29.9 Å². The first-order valence-electron chi connectivity index (χ1n) is 6.90. The molecular formula is C15H22O6. The van der Waals surface area contributed by atoms with E-state index in [0.29, 0.717) is 11.3 Å². The third-order valence-electron chi connectivity index (χ3n) is 4.05. The van der Waals surface area contributed by atoms with Crippen LogP contribution in [0, 0.1) is 20.8 Å². The lowest BCUT2D eigenvalue weighted by atomic mass is 9.99. The lowest BCUT2D eigenvalue weighted by Crippen LogP contribution is -2.58. The van der Waals surface area contributed by atoms with Crippen LogP contribution in [0.4, 0.5) is 0 Å². The lowest BCUT2D eigenvalue weighted by Gasteiger charge is -2.39. The first-order chi connectivity index (χ1) is 9.73. The number of ether oxygens (including phenoxy) is 2. The van der Waals surface area contributed by atoms with Gasteiger partial charge in [0.05, 0.1) is 6.10 Å². The topological polar surface area (TPSA) is 99.4 Å². The minimum atomic E-state index is -1.38. The summed E-state index contributed by atoms with van der Waals surface area (Å²) >= 11 is 0. The van der Waals surface area contributed by atoms with Crippen LogP contribution in [0.2, 0.25) is 0 Å². The molecule has 0 amide bonds. The van der Waals surface area contributed by atoms with Gasteiger partial charge in [-0.05, 0) is 44.9 Å². The molecule has 1 saturated heterocycles. The normalized spacial score (nSPS) is 33.0. The Balaban J connectivity index is 2.30. The number of hydrogen-bond donors (Lipinski definition) is 4. The van der Waals surface area contributed by atoms with Crippen LogP contribution in [0.25, 0.3) is 0 Å². The molecule has 0 saturated carbocycles. The summed E-state index contributed by atoms with van der Waals surface area (Å²) < 4.78 is 11.1. The van der Waals surface area contributed by atoms with Crippen molar-refractivity contribution >= 4 is 0 Å². The van der Waals surface area contributed by atoms with Crippen LogP contribution in [0.1, 0.15) is 23.6 Å². The summed E-state index contributed by atoms with van der Waals surface area (Å²) in [7, 11) is 0. The second-order valence-corrected chi connectivity index (χ2v) is 5.59. The van der Waals surface area contributed by atoms with Gasteiger partial charge in [-0.3, -0.25) is 0 Å². The molecule has 1 aromatic rings. The molecule has 0 spiro atoms. The van der Waals surface area contributed by atoms with E-state index >= 15 is 0 Å². The molecule has 1 aliphatic heterocycles. The van der Waals surface area contributed by atoms with E-state index in [2.05, 4.69) is 0 Å². The van der Waals surface area contributed by atoms with Crippen molar-refractivity contribution in [2.45, 2.75) is 58.4 Å². The molecule has 118 valence electrons. The Morgan fingerprint density at radius 2 is 1.62 bits per heavy atom. The molecule has 0 radical (unpaired) electrons. The minimum Gasteiger partial charge on any atom is -0.508 e. The molecule has 5 atom stereocenters. The van der Waals surface area contributed by atoms with Gasteiger partial charge in [-0.25, -0.2) is 0 Å². The zero-order valence-corrected chi connectivity index (χ0v) is 12.6. The fourth-order valence-electron chi connectivity index (χ4n) is 2.40. The maximum atomic E-state index is 9.98. The summed E-state index contributed by atoms with van der Waals surface area (Å²) in [5, 5.41) is 39.3. The number of benzene rings is 1. The van der Waals surface area contributed by atoms with E-state index in [9.17, 15) is 20.4 Å². The molecule has 4 N–H and O–H groups in total. The van der Waals surface area contributed by atoms with Crippen molar-refractivity contribution in [3.63, 3.8) is 0 Å². The monoisotopic (exact) mass is 298 g/mol. The Labute approximate surface area is 123 Å². The number of aliphatic hydroxyl groups excluding tert-OH is 3. The Kier molecular flexibility index (Phi) is 4.43. The highest BCUT2D eigenvalue weighted by molar-refractivity contribution is 5.52. The van der Waals surface area contributed by atoms with E-state index in [1.807, 2.05) is 13.8 Å². The van der Waals surface area contributed by atoms with Gasteiger partial charge >= 0.3 is 0 Å². The van der Waals surface area contributed by atoms with E-state index in [4.69, 9.17) is 9.47 Å². The fourth-order valence-corrected chi connectivity index (χ4v) is 2.40. The van der Waals surface area contributed by atoms with E-state index in [1.54, 1.807) is 19.9 Å². The summed E-state index contributed by atoms with van der Waals surface area (Å²) in [4.78, 5) is 0. The van der Waals surface area contributed by atoms with Gasteiger partial charge in [0.2, 0.25) is 6.29 Å². The van der Waals surface area contributed by atoms with Crippen molar-refractivity contribution in [1.82, 2.24) is 0 Å². The molecule has 0 unspecified atom stereocenters. The van der Waals surface area contributed by atoms with E-state index in [1.165, 1.54) is 0 Å². The second kappa shape index (κ2) is 5.81. The molecule has 2 rings (SSSR count). The Bertz CT molecular complexity index is 503. The summed E-state index contributed by atoms with van der Waals surface area (Å²) in [6.07, 6.45) is -5.69. The maximum absolute atomic E-state index is 9.98. The van der Waals surface area contributed by atoms with E-state index in [0.717, 1.165) is 11.1 Å². The predicted molar refractivity (Wildman–Crippen MR) is 75.3 cm³/mol. The zero-order valence-electron chi connectivity index (χ0n) is 12.6. The molecule has 1 aliphatic rings. The average Bonchev–Trinajstić information content (AvgIpc) is 2.44. The maximum Gasteiger partial charge on any atom is 0.229 e. The fraction of sp³-hybridized carbons (Fsp3) is 0.600. The molecule has 0 bridgehead atoms. The van der Waals surface area contributed by atoms with Gasteiger partial charge in [-0.2, -0.15) is 0 Å². The third kappa shape index (κ3) is 2.85. The number of aromatic hydroxyl groups is 1. The largest absolute Gasteiger partial charge is 0.508 e. The standard InChI is InChI=1S/C15H22O6/c1-6-5-10(16)8(3)14(7(6)2)21-15-13(19)12(18)11(17)9(4)20-15/h5,9,11-13,15-19H,1-4H3/t9-,11-,12+,13+,15-/m0/s1. The van der Waals surface area contributed by atoms with Crippen molar-refractivity contribution in [3.05, 3.63) is 22.8 Å². The quantitative estimate of drug-likeness (QED) is 0.635. The first kappa shape index (κ1) is 16.0. The van der Waals surface area contributed by atoms with Gasteiger partial charge in [0.15, 0.2) is 0 Å². The molecular weight excluding hydrogens is 276 g/mol. The summed E-state index contributed by atoms with van der Waals surface area (Å²) in [6.45, 7) is 6.95. The molecule has 1 fully saturated rings. The van der Waals surface area contributed by atoms with Gasteiger partial charge in [0.25, 0.3) is 0 Å². The predicted octanol–water partition coefficient (Wildman–Crippen LogP) is 0.524. The molecule has 6 heteroatoms. The van der Waals surface area contributed by atoms with Crippen LogP contribution in [0.5, 0.6) is 11.5 Å². The number of aliphatic hydroxyl groups is 3. The average molecular weight is 298 g/mol. The summed E-state index contributed by atoms with van der Waals surface area (Å²) in [6, 6.07) is 1.64. The Morgan fingerprint density at radius 1 is 1.00 bits per heavy atom. The first-order valence-corrected chi connectivity index (χ1v) is 6.90. The second-order valence-electron chi connectivity index (χ2n) is 5.59. The number of hydrogen-bond acceptors (Lipinski definition) is 6. The highest BCUT2D eigenvalue weighted by Gasteiger charge is 2.43. The van der Waals surface area contributed by atoms with Crippen molar-refractivity contribution in [3.8, 4) is 11.5 Å². The lowest BCUT2D eigenvalue weighted by molar-refractivity contribution is -0.268. The Hall–Kier alpha value is -1.34. The number of rotatable bonds is 2. The van der Waals surface area contributed by atoms with Crippen LogP contribution in [0.3, 0.4) is 0 Å². The third-order valence-corrected chi connectivity index (χ3v) is 4.05. The minimum absolute atomic E-state index is 0.0898. The highest BCUT2D eigenvalue weighted by Crippen LogP contribution is 2.35. The van der Waals surface area contributed by atoms with Crippen LogP contribution in [0.15, 0.2) is 6.07 Å². The van der Waals surface area contributed by atoms with Crippen molar-refractivity contribution in [2.24, 2.45) is 0 Å². The molecule has 0 aliphatic carbocycles. The van der Waals surface area contributed by atoms with Gasteiger partial charge in [-0.15, -0.1) is 0 Å². The van der Waals surface area contributed by atoms with Gasteiger partial charge in [0, 0.05) is 5.56 Å². The molecule has 1 aromatic carbocycles. The van der Waals surface area contributed by atoms with Crippen LogP contribution in [-0.2, 0) is 4.74 Å². The molecule has 1 heterocycles. The SMILES string of the molecule is Cc1cc(O)c(C)c(O[C@@H]2O[C@@H](C)[C@H](O)[C@@H](O)[C@H]2O)c1C. The van der Waals surface area contributed by atoms with Crippen LogP contribution >= 0.6 is 0 Å². The molecule has 0 aromatic heterocycles. The van der Waals surface area contributed by atoms with Crippen molar-refractivity contribution in [2.75, 3.05) is 0 Å². The molecule has 21 heavy (non-hydrogen) atoms. The van der Waals surface area contributed by atoms with E-state index < -0.39 is 30.7 Å². The highest BCUT2D eigenvalue weighted by atomic mass is 16.7. The number of phenolic OH excluding ortho intramolecular Hbond substituents is 1. The number of phenols is 1. The van der Waals surface area contributed by atoms with Crippen LogP contribution < -0.4 is 4.74 Å². The zero-order chi connectivity index (χ0) is 15.9. The Morgan fingerprint density at radius 3 is 2.24 bits per heavy atom. The smallest absolute Gasteiger partial charge is 0.229 e. The van der Waals surface area contributed by atoms with Crippen LogP contribution in [-0.4, -0.2) is 51.1 Å². The van der Waals surface area contributed by atoms with Crippen molar-refractivity contribution in [1.29, 1.82) is 0 Å². The number of aryl methyl sites for hydroxylation is 1. The molecule has 6 nitrogen and oxygen atoms in total. The summed E-state index contributed by atoms with van der Waals surface area (Å²) in [5.41, 5.74) is 2.18. The van der Waals surface area contributed by atoms with Gasteiger partial charge < -0.3 is 29.9 Å². The van der Waals surface area contributed by atoms with Gasteiger partial charge in [0.1, 0.15) is 29.8 Å².